The molecule has 0 spiro atoms. The van der Waals surface area contributed by atoms with Gasteiger partial charge in [-0.3, -0.25) is 0 Å². The molecule has 0 aromatic heterocycles. The maximum Gasteiger partial charge on any atom is 0.375 e. The molecule has 15 heavy (non-hydrogen) atoms. The number of carbonyl (C=O) groups excluding carboxylic acids is 3. The molecule has 82 valence electrons. The third kappa shape index (κ3) is 5.09. The number of primary amides is 1. The van der Waals surface area contributed by atoms with E-state index in [1.807, 2.05) is 5.32 Å². The number of rotatable bonds is 4. The summed E-state index contributed by atoms with van der Waals surface area (Å²) in [6.07, 6.45) is 1.66. The highest BCUT2D eigenvalue weighted by Gasteiger charge is 2.14. The minimum atomic E-state index is -0.932. The monoisotopic (exact) mass is 214 g/mol. The molecule has 0 saturated heterocycles. The molecule has 0 aliphatic heterocycles. The second-order valence-electron chi connectivity index (χ2n) is 2.13. The summed E-state index contributed by atoms with van der Waals surface area (Å²) in [6.45, 7) is 3.13. The normalized spacial score (nSPS) is 10.1. The van der Waals surface area contributed by atoms with Gasteiger partial charge in [-0.05, 0) is 0 Å². The molecule has 0 atom stereocenters. The quantitative estimate of drug-likeness (QED) is 0.369. The van der Waals surface area contributed by atoms with Gasteiger partial charge in [0.2, 0.25) is 5.76 Å². The Bertz CT molecular complexity index is 321. The number of hydrogen-bond donors (Lipinski definition) is 2. The Hall–Kier alpha value is -2.31. The van der Waals surface area contributed by atoms with Crippen LogP contribution in [0.2, 0.25) is 0 Å². The van der Waals surface area contributed by atoms with Crippen molar-refractivity contribution in [1.82, 2.24) is 5.32 Å². The first-order valence-electron chi connectivity index (χ1n) is 3.70. The zero-order valence-electron chi connectivity index (χ0n) is 7.98. The van der Waals surface area contributed by atoms with Gasteiger partial charge in [-0.2, -0.15) is 0 Å². The second-order valence-corrected chi connectivity index (χ2v) is 2.13. The lowest BCUT2D eigenvalue weighted by Gasteiger charge is -2.04. The Balaban J connectivity index is 4.64. The van der Waals surface area contributed by atoms with Crippen LogP contribution in [0.25, 0.3) is 0 Å². The van der Waals surface area contributed by atoms with Crippen LogP contribution in [-0.4, -0.2) is 25.1 Å². The van der Waals surface area contributed by atoms with Gasteiger partial charge in [0, 0.05) is 6.08 Å². The van der Waals surface area contributed by atoms with Crippen LogP contribution in [0.3, 0.4) is 0 Å². The number of nitrogens with one attached hydrogen (secondary N) is 1. The van der Waals surface area contributed by atoms with Crippen LogP contribution in [0.15, 0.2) is 24.6 Å². The van der Waals surface area contributed by atoms with E-state index in [0.717, 1.165) is 19.4 Å². The summed E-state index contributed by atoms with van der Waals surface area (Å²) in [5.74, 6) is -2.29. The van der Waals surface area contributed by atoms with Crippen LogP contribution in [0.5, 0.6) is 0 Å². The minimum absolute atomic E-state index is 0.499. The fourth-order valence-electron chi connectivity index (χ4n) is 0.517. The van der Waals surface area contributed by atoms with Gasteiger partial charge in [-0.1, -0.05) is 6.58 Å². The zero-order chi connectivity index (χ0) is 11.8. The van der Waals surface area contributed by atoms with E-state index in [9.17, 15) is 14.4 Å². The third-order valence-corrected chi connectivity index (χ3v) is 1.11. The van der Waals surface area contributed by atoms with Crippen LogP contribution in [-0.2, 0) is 19.1 Å². The molecule has 0 aliphatic carbocycles. The average Bonchev–Trinajstić information content (AvgIpc) is 2.22. The van der Waals surface area contributed by atoms with E-state index in [1.54, 1.807) is 0 Å². The van der Waals surface area contributed by atoms with E-state index in [-0.39, 0.29) is 0 Å². The van der Waals surface area contributed by atoms with E-state index < -0.39 is 23.7 Å². The lowest BCUT2D eigenvalue weighted by Crippen LogP contribution is -2.26. The predicted octanol–water partition coefficient (Wildman–Crippen LogP) is -0.602. The van der Waals surface area contributed by atoms with E-state index in [1.165, 1.54) is 0 Å². The molecule has 2 amide bonds. The van der Waals surface area contributed by atoms with E-state index >= 15 is 0 Å². The molecule has 0 aromatic rings. The number of methoxy groups -OCH3 is 1. The first-order chi connectivity index (χ1) is 7.01. The fourth-order valence-corrected chi connectivity index (χ4v) is 0.517. The SMILES string of the molecule is C=CC(=O)O/C(=C\NC(N)=O)C(=O)OC. The molecule has 7 nitrogen and oxygen atoms in total. The van der Waals surface area contributed by atoms with Gasteiger partial charge < -0.3 is 20.5 Å². The van der Waals surface area contributed by atoms with Crippen molar-refractivity contribution in [2.75, 3.05) is 7.11 Å². The van der Waals surface area contributed by atoms with Crippen molar-refractivity contribution in [1.29, 1.82) is 0 Å². The largest absolute Gasteiger partial charge is 0.463 e. The number of amides is 2. The molecule has 0 unspecified atom stereocenters. The van der Waals surface area contributed by atoms with Crippen molar-refractivity contribution in [2.45, 2.75) is 0 Å². The van der Waals surface area contributed by atoms with Crippen LogP contribution >= 0.6 is 0 Å². The summed E-state index contributed by atoms with van der Waals surface area (Å²) >= 11 is 0. The van der Waals surface area contributed by atoms with Crippen molar-refractivity contribution < 1.29 is 23.9 Å². The van der Waals surface area contributed by atoms with E-state index in [0.29, 0.717) is 0 Å². The smallest absolute Gasteiger partial charge is 0.375 e. The molecule has 0 heterocycles. The summed E-state index contributed by atoms with van der Waals surface area (Å²) in [5, 5.41) is 1.95. The highest BCUT2D eigenvalue weighted by molar-refractivity contribution is 5.92. The molecular weight excluding hydrogens is 204 g/mol. The van der Waals surface area contributed by atoms with Gasteiger partial charge in [0.15, 0.2) is 0 Å². The van der Waals surface area contributed by atoms with Crippen LogP contribution in [0, 0.1) is 0 Å². The first-order valence-corrected chi connectivity index (χ1v) is 3.70. The molecule has 0 fully saturated rings. The molecule has 0 aliphatic rings. The number of carbonyl (C=O) groups is 3. The lowest BCUT2D eigenvalue weighted by molar-refractivity contribution is -0.147. The summed E-state index contributed by atoms with van der Waals surface area (Å²) < 4.78 is 8.74. The second kappa shape index (κ2) is 6.19. The minimum Gasteiger partial charge on any atom is -0.463 e. The van der Waals surface area contributed by atoms with Crippen molar-refractivity contribution in [2.24, 2.45) is 5.73 Å². The van der Waals surface area contributed by atoms with E-state index in [4.69, 9.17) is 5.73 Å². The van der Waals surface area contributed by atoms with E-state index in [2.05, 4.69) is 16.1 Å². The topological polar surface area (TPSA) is 108 Å². The van der Waals surface area contributed by atoms with Crippen molar-refractivity contribution >= 4 is 18.0 Å². The Morgan fingerprint density at radius 1 is 1.40 bits per heavy atom. The van der Waals surface area contributed by atoms with Crippen LogP contribution < -0.4 is 11.1 Å². The highest BCUT2D eigenvalue weighted by Crippen LogP contribution is 1.99. The van der Waals surface area contributed by atoms with Gasteiger partial charge in [-0.25, -0.2) is 14.4 Å². The molecule has 0 radical (unpaired) electrons. The predicted molar refractivity (Wildman–Crippen MR) is 49.1 cm³/mol. The summed E-state index contributed by atoms with van der Waals surface area (Å²) in [6, 6.07) is -0.911. The number of ether oxygens (including phenoxy) is 2. The van der Waals surface area contributed by atoms with Gasteiger partial charge in [-0.15, -0.1) is 0 Å². The van der Waals surface area contributed by atoms with Crippen molar-refractivity contribution in [3.8, 4) is 0 Å². The molecule has 3 N–H and O–H groups in total. The van der Waals surface area contributed by atoms with Gasteiger partial charge in [0.1, 0.15) is 0 Å². The molecule has 0 saturated carbocycles. The van der Waals surface area contributed by atoms with Crippen molar-refractivity contribution in [3.05, 3.63) is 24.6 Å². The lowest BCUT2D eigenvalue weighted by atomic mass is 10.5. The molecule has 0 aromatic carbocycles. The highest BCUT2D eigenvalue weighted by atomic mass is 16.6. The number of urea groups is 1. The van der Waals surface area contributed by atoms with Crippen LogP contribution in [0.4, 0.5) is 4.79 Å². The number of esters is 2. The Kier molecular flexibility index (Phi) is 5.24. The third-order valence-electron chi connectivity index (χ3n) is 1.11. The Morgan fingerprint density at radius 3 is 2.40 bits per heavy atom. The fraction of sp³-hybridized carbons (Fsp3) is 0.125. The summed E-state index contributed by atoms with van der Waals surface area (Å²) in [4.78, 5) is 32.1. The van der Waals surface area contributed by atoms with Crippen molar-refractivity contribution in [3.63, 3.8) is 0 Å². The summed E-state index contributed by atoms with van der Waals surface area (Å²) in [5.41, 5.74) is 4.74. The Morgan fingerprint density at radius 2 is 2.00 bits per heavy atom. The van der Waals surface area contributed by atoms with Gasteiger partial charge in [0.05, 0.1) is 13.3 Å². The van der Waals surface area contributed by atoms with Crippen LogP contribution in [0.1, 0.15) is 0 Å². The zero-order valence-corrected chi connectivity index (χ0v) is 7.98. The maximum atomic E-state index is 11.0. The Labute approximate surface area is 85.5 Å². The molecule has 0 bridgehead atoms. The molecule has 7 heteroatoms. The number of nitrogens with two attached hydrogens (primary N) is 1. The molecular formula is C8H10N2O5. The van der Waals surface area contributed by atoms with Gasteiger partial charge >= 0.3 is 18.0 Å². The average molecular weight is 214 g/mol. The van der Waals surface area contributed by atoms with Gasteiger partial charge in [0.25, 0.3) is 0 Å². The maximum absolute atomic E-state index is 11.0. The number of hydrogen-bond acceptors (Lipinski definition) is 5. The summed E-state index contributed by atoms with van der Waals surface area (Å²) in [7, 11) is 1.09. The first kappa shape index (κ1) is 12.7. The molecule has 0 rings (SSSR count). The standard InChI is InChI=1S/C8H10N2O5/c1-3-6(11)15-5(7(12)14-2)4-10-8(9)13/h3-4H,1H2,2H3,(H3,9,10,13)/b5-4-.